The molecule has 0 bridgehead atoms. The summed E-state index contributed by atoms with van der Waals surface area (Å²) in [4.78, 5) is 12.4. The summed E-state index contributed by atoms with van der Waals surface area (Å²) in [6, 6.07) is 9.80. The van der Waals surface area contributed by atoms with Gasteiger partial charge in [0.15, 0.2) is 0 Å². The highest BCUT2D eigenvalue weighted by Crippen LogP contribution is 2.31. The highest BCUT2D eigenvalue weighted by molar-refractivity contribution is 9.10. The van der Waals surface area contributed by atoms with Gasteiger partial charge in [-0.15, -0.1) is 0 Å². The molecule has 0 saturated heterocycles. The lowest BCUT2D eigenvalue weighted by Gasteiger charge is -2.10. The number of nitrogens with one attached hydrogen (secondary N) is 1. The van der Waals surface area contributed by atoms with Crippen LogP contribution in [-0.2, 0) is 11.0 Å². The molecule has 1 aliphatic rings. The van der Waals surface area contributed by atoms with E-state index in [0.29, 0.717) is 11.3 Å². The van der Waals surface area contributed by atoms with Gasteiger partial charge in [-0.3, -0.25) is 4.79 Å². The number of halogens is 4. The van der Waals surface area contributed by atoms with Crippen LogP contribution < -0.4 is 10.1 Å². The number of anilines is 1. The summed E-state index contributed by atoms with van der Waals surface area (Å²) in [6.07, 6.45) is -0.0536. The van der Waals surface area contributed by atoms with Gasteiger partial charge in [-0.25, -0.2) is 0 Å². The lowest BCUT2D eigenvalue weighted by molar-refractivity contribution is -0.137. The molecule has 0 unspecified atom stereocenters. The van der Waals surface area contributed by atoms with Crippen molar-refractivity contribution in [1.29, 1.82) is 0 Å². The fourth-order valence-corrected chi connectivity index (χ4v) is 2.63. The first-order chi connectivity index (χ1) is 11.8. The molecule has 1 heterocycles. The Morgan fingerprint density at radius 1 is 1.12 bits per heavy atom. The minimum Gasteiger partial charge on any atom is -0.464 e. The minimum absolute atomic E-state index is 0.0637. The Hall–Kier alpha value is -2.54. The second kappa shape index (κ2) is 6.76. The maximum atomic E-state index is 12.8. The lowest BCUT2D eigenvalue weighted by Crippen LogP contribution is -2.14. The molecule has 1 aliphatic heterocycles. The normalized spacial score (nSPS) is 13.4. The van der Waals surface area contributed by atoms with Crippen LogP contribution in [0.4, 0.5) is 18.9 Å². The van der Waals surface area contributed by atoms with Crippen molar-refractivity contribution in [1.82, 2.24) is 0 Å². The van der Waals surface area contributed by atoms with Crippen molar-refractivity contribution >= 4 is 33.6 Å². The van der Waals surface area contributed by atoms with Crippen LogP contribution in [0.15, 0.2) is 64.8 Å². The monoisotopic (exact) mass is 409 g/mol. The first-order valence-electron chi connectivity index (χ1n) is 7.16. The summed E-state index contributed by atoms with van der Waals surface area (Å²) in [6.45, 7) is 0. The molecule has 3 rings (SSSR count). The van der Waals surface area contributed by atoms with Crippen LogP contribution in [0.5, 0.6) is 5.75 Å². The second-order valence-electron chi connectivity index (χ2n) is 5.24. The molecule has 3 nitrogen and oxygen atoms in total. The van der Waals surface area contributed by atoms with Gasteiger partial charge in [0.2, 0.25) is 0 Å². The van der Waals surface area contributed by atoms with Crippen LogP contribution in [0.25, 0.3) is 6.08 Å². The molecule has 0 radical (unpaired) electrons. The molecule has 0 aliphatic carbocycles. The van der Waals surface area contributed by atoms with Crippen molar-refractivity contribution in [3.8, 4) is 5.75 Å². The molecule has 2 aromatic rings. The van der Waals surface area contributed by atoms with Crippen LogP contribution >= 0.6 is 15.9 Å². The third-order valence-corrected chi connectivity index (χ3v) is 3.93. The number of carbonyl (C=O) groups is 1. The molecule has 1 N–H and O–H groups in total. The largest absolute Gasteiger partial charge is 0.464 e. The zero-order valence-corrected chi connectivity index (χ0v) is 14.2. The number of hydrogen-bond acceptors (Lipinski definition) is 2. The average molecular weight is 410 g/mol. The number of carbonyl (C=O) groups excluding carboxylic acids is 1. The van der Waals surface area contributed by atoms with E-state index in [1.54, 1.807) is 24.3 Å². The Morgan fingerprint density at radius 3 is 2.68 bits per heavy atom. The van der Waals surface area contributed by atoms with Crippen LogP contribution in [0.3, 0.4) is 0 Å². The van der Waals surface area contributed by atoms with Crippen molar-refractivity contribution in [3.05, 3.63) is 76.0 Å². The SMILES string of the molecule is O=C(Nc1cccc(C(F)(F)F)c1)C1=Cc2cc(Br)ccc2OC=C1. The number of hydrogen-bond donors (Lipinski definition) is 1. The van der Waals surface area contributed by atoms with E-state index in [2.05, 4.69) is 21.2 Å². The predicted molar refractivity (Wildman–Crippen MR) is 92.0 cm³/mol. The Labute approximate surface area is 149 Å². The summed E-state index contributed by atoms with van der Waals surface area (Å²) in [5, 5.41) is 2.47. The van der Waals surface area contributed by atoms with E-state index in [1.807, 2.05) is 0 Å². The van der Waals surface area contributed by atoms with Crippen molar-refractivity contribution < 1.29 is 22.7 Å². The Balaban J connectivity index is 1.86. The van der Waals surface area contributed by atoms with Gasteiger partial charge in [0.1, 0.15) is 5.75 Å². The van der Waals surface area contributed by atoms with E-state index < -0.39 is 17.6 Å². The summed E-state index contributed by atoms with van der Waals surface area (Å²) in [7, 11) is 0. The topological polar surface area (TPSA) is 38.3 Å². The number of amides is 1. The molecule has 7 heteroatoms. The highest BCUT2D eigenvalue weighted by atomic mass is 79.9. The smallest absolute Gasteiger partial charge is 0.416 e. The van der Waals surface area contributed by atoms with Gasteiger partial charge < -0.3 is 10.1 Å². The second-order valence-corrected chi connectivity index (χ2v) is 6.15. The van der Waals surface area contributed by atoms with Crippen LogP contribution in [-0.4, -0.2) is 5.91 Å². The highest BCUT2D eigenvalue weighted by Gasteiger charge is 2.30. The summed E-state index contributed by atoms with van der Waals surface area (Å²) in [5.41, 5.74) is 0.171. The maximum Gasteiger partial charge on any atom is 0.416 e. The summed E-state index contributed by atoms with van der Waals surface area (Å²) in [5.74, 6) is 0.0355. The Morgan fingerprint density at radius 2 is 1.92 bits per heavy atom. The van der Waals surface area contributed by atoms with Crippen LogP contribution in [0.1, 0.15) is 11.1 Å². The predicted octanol–water partition coefficient (Wildman–Crippen LogP) is 5.40. The number of fused-ring (bicyclic) bond motifs is 1. The van der Waals surface area contributed by atoms with Gasteiger partial charge in [-0.05, 0) is 48.6 Å². The van der Waals surface area contributed by atoms with Gasteiger partial charge in [0.25, 0.3) is 5.91 Å². The third-order valence-electron chi connectivity index (χ3n) is 3.44. The molecule has 2 aromatic carbocycles. The molecule has 128 valence electrons. The van der Waals surface area contributed by atoms with E-state index >= 15 is 0 Å². The van der Waals surface area contributed by atoms with E-state index in [0.717, 1.165) is 16.6 Å². The zero-order chi connectivity index (χ0) is 18.0. The molecule has 25 heavy (non-hydrogen) atoms. The van der Waals surface area contributed by atoms with E-state index in [-0.39, 0.29) is 11.3 Å². The fourth-order valence-electron chi connectivity index (χ4n) is 2.25. The molecule has 0 saturated carbocycles. The van der Waals surface area contributed by atoms with Crippen molar-refractivity contribution in [2.75, 3.05) is 5.32 Å². The maximum absolute atomic E-state index is 12.8. The Bertz CT molecular complexity index is 888. The first-order valence-corrected chi connectivity index (χ1v) is 7.95. The summed E-state index contributed by atoms with van der Waals surface area (Å²) < 4.78 is 44.5. The molecule has 0 spiro atoms. The molecule has 1 amide bonds. The number of alkyl halides is 3. The number of benzene rings is 2. The quantitative estimate of drug-likeness (QED) is 0.721. The molecular weight excluding hydrogens is 399 g/mol. The standard InChI is InChI=1S/C18H11BrF3NO2/c19-14-4-5-16-12(9-14)8-11(6-7-25-16)17(24)23-15-3-1-2-13(10-15)18(20,21)22/h1-10H,(H,23,24). The van der Waals surface area contributed by atoms with Gasteiger partial charge >= 0.3 is 6.18 Å². The van der Waals surface area contributed by atoms with Gasteiger partial charge in [0.05, 0.1) is 11.8 Å². The van der Waals surface area contributed by atoms with Gasteiger partial charge in [-0.1, -0.05) is 22.0 Å². The van der Waals surface area contributed by atoms with E-state index in [4.69, 9.17) is 4.74 Å². The van der Waals surface area contributed by atoms with Crippen molar-refractivity contribution in [2.45, 2.75) is 6.18 Å². The fraction of sp³-hybridized carbons (Fsp3) is 0.0556. The molecular formula is C18H11BrF3NO2. The Kier molecular flexibility index (Phi) is 4.67. The first kappa shape index (κ1) is 17.3. The van der Waals surface area contributed by atoms with E-state index in [9.17, 15) is 18.0 Å². The van der Waals surface area contributed by atoms with Crippen molar-refractivity contribution in [3.63, 3.8) is 0 Å². The molecule has 0 fully saturated rings. The van der Waals surface area contributed by atoms with Crippen LogP contribution in [0, 0.1) is 0 Å². The van der Waals surface area contributed by atoms with Crippen LogP contribution in [0.2, 0.25) is 0 Å². The van der Waals surface area contributed by atoms with Gasteiger partial charge in [-0.2, -0.15) is 13.2 Å². The minimum atomic E-state index is -4.47. The lowest BCUT2D eigenvalue weighted by atomic mass is 10.1. The molecule has 0 atom stereocenters. The number of ether oxygens (including phenoxy) is 1. The summed E-state index contributed by atoms with van der Waals surface area (Å²) >= 11 is 3.34. The number of rotatable bonds is 2. The third kappa shape index (κ3) is 4.11. The molecule has 0 aromatic heterocycles. The van der Waals surface area contributed by atoms with E-state index in [1.165, 1.54) is 24.5 Å². The van der Waals surface area contributed by atoms with Gasteiger partial charge in [0, 0.05) is 21.3 Å². The average Bonchev–Trinajstić information content (AvgIpc) is 2.76. The zero-order valence-electron chi connectivity index (χ0n) is 12.6. The van der Waals surface area contributed by atoms with Crippen molar-refractivity contribution in [2.24, 2.45) is 0 Å².